The van der Waals surface area contributed by atoms with Crippen LogP contribution in [0, 0.1) is 6.92 Å². The molecule has 0 bridgehead atoms. The fraction of sp³-hybridized carbons (Fsp3) is 0.143. The van der Waals surface area contributed by atoms with Crippen molar-refractivity contribution in [3.8, 4) is 10.4 Å². The summed E-state index contributed by atoms with van der Waals surface area (Å²) in [6, 6.07) is 10.2. The van der Waals surface area contributed by atoms with Crippen molar-refractivity contribution in [2.75, 3.05) is 0 Å². The average molecular weight is 295 g/mol. The van der Waals surface area contributed by atoms with Gasteiger partial charge in [0, 0.05) is 29.9 Å². The number of rotatable bonds is 2. The van der Waals surface area contributed by atoms with E-state index in [0.29, 0.717) is 0 Å². The van der Waals surface area contributed by atoms with Crippen LogP contribution in [0.15, 0.2) is 30.3 Å². The van der Waals surface area contributed by atoms with Crippen LogP contribution in [0.5, 0.6) is 0 Å². The summed E-state index contributed by atoms with van der Waals surface area (Å²) >= 11 is 9.38. The van der Waals surface area contributed by atoms with Crippen LogP contribution in [-0.2, 0) is 6.61 Å². The largest absolute Gasteiger partial charge is 0.391 e. The number of fused-ring (bicyclic) bond motifs is 1. The second-order valence-corrected chi connectivity index (χ2v) is 7.01. The van der Waals surface area contributed by atoms with Crippen LogP contribution in [0.1, 0.15) is 9.75 Å². The van der Waals surface area contributed by atoms with Gasteiger partial charge in [-0.05, 0) is 36.6 Å². The van der Waals surface area contributed by atoms with Crippen LogP contribution in [0.3, 0.4) is 0 Å². The lowest BCUT2D eigenvalue weighted by atomic mass is 10.2. The maximum absolute atomic E-state index is 9.41. The number of hydrogen-bond donors (Lipinski definition) is 1. The molecule has 2 aromatic heterocycles. The van der Waals surface area contributed by atoms with Gasteiger partial charge >= 0.3 is 0 Å². The topological polar surface area (TPSA) is 20.2 Å². The molecule has 3 aromatic rings. The van der Waals surface area contributed by atoms with Crippen molar-refractivity contribution in [1.29, 1.82) is 0 Å². The summed E-state index contributed by atoms with van der Waals surface area (Å²) in [5, 5.41) is 11.4. The number of aliphatic hydroxyl groups is 1. The predicted octanol–water partition coefficient (Wildman–Crippen LogP) is 5.08. The van der Waals surface area contributed by atoms with E-state index in [-0.39, 0.29) is 6.61 Å². The first kappa shape index (κ1) is 12.2. The Morgan fingerprint density at radius 3 is 2.78 bits per heavy atom. The van der Waals surface area contributed by atoms with Crippen molar-refractivity contribution in [3.05, 3.63) is 45.1 Å². The second kappa shape index (κ2) is 4.67. The van der Waals surface area contributed by atoms with E-state index in [1.165, 1.54) is 19.8 Å². The molecule has 4 heteroatoms. The molecule has 0 saturated heterocycles. The molecule has 18 heavy (non-hydrogen) atoms. The van der Waals surface area contributed by atoms with E-state index in [9.17, 15) is 5.11 Å². The highest BCUT2D eigenvalue weighted by molar-refractivity contribution is 7.22. The molecule has 0 aliphatic carbocycles. The quantitative estimate of drug-likeness (QED) is 0.698. The van der Waals surface area contributed by atoms with Crippen molar-refractivity contribution in [1.82, 2.24) is 0 Å². The standard InChI is InChI=1S/C14H11ClOS2/c1-8-4-11(14(7-16)17-8)13-5-9-2-3-10(15)6-12(9)18-13/h2-6,16H,7H2,1H3. The lowest BCUT2D eigenvalue weighted by Crippen LogP contribution is -1.78. The number of halogens is 1. The van der Waals surface area contributed by atoms with Crippen molar-refractivity contribution in [2.45, 2.75) is 13.5 Å². The molecular formula is C14H11ClOS2. The van der Waals surface area contributed by atoms with Crippen molar-refractivity contribution in [3.63, 3.8) is 0 Å². The summed E-state index contributed by atoms with van der Waals surface area (Å²) in [5.74, 6) is 0. The lowest BCUT2D eigenvalue weighted by molar-refractivity contribution is 0.286. The minimum absolute atomic E-state index is 0.100. The van der Waals surface area contributed by atoms with Gasteiger partial charge in [-0.1, -0.05) is 17.7 Å². The summed E-state index contributed by atoms with van der Waals surface area (Å²) in [6.07, 6.45) is 0. The molecule has 1 N–H and O–H groups in total. The molecule has 0 unspecified atom stereocenters. The summed E-state index contributed by atoms with van der Waals surface area (Å²) in [4.78, 5) is 3.45. The number of aryl methyl sites for hydroxylation is 1. The number of thiophene rings is 2. The Morgan fingerprint density at radius 2 is 2.00 bits per heavy atom. The van der Waals surface area contributed by atoms with Crippen molar-refractivity contribution in [2.24, 2.45) is 0 Å². The van der Waals surface area contributed by atoms with Gasteiger partial charge in [-0.3, -0.25) is 0 Å². The molecule has 0 aliphatic rings. The smallest absolute Gasteiger partial charge is 0.0781 e. The molecule has 2 heterocycles. The Kier molecular flexibility index (Phi) is 3.16. The van der Waals surface area contributed by atoms with Crippen LogP contribution in [-0.4, -0.2) is 5.11 Å². The summed E-state index contributed by atoms with van der Waals surface area (Å²) in [7, 11) is 0. The van der Waals surface area contributed by atoms with Gasteiger partial charge in [-0.25, -0.2) is 0 Å². The van der Waals surface area contributed by atoms with E-state index in [1.807, 2.05) is 18.2 Å². The van der Waals surface area contributed by atoms with Gasteiger partial charge in [-0.2, -0.15) is 0 Å². The first-order valence-electron chi connectivity index (χ1n) is 5.57. The summed E-state index contributed by atoms with van der Waals surface area (Å²) in [5.41, 5.74) is 1.15. The van der Waals surface area contributed by atoms with Gasteiger partial charge in [-0.15, -0.1) is 22.7 Å². The minimum Gasteiger partial charge on any atom is -0.391 e. The molecular weight excluding hydrogens is 284 g/mol. The predicted molar refractivity (Wildman–Crippen MR) is 80.8 cm³/mol. The van der Waals surface area contributed by atoms with E-state index in [0.717, 1.165) is 15.5 Å². The molecule has 0 radical (unpaired) electrons. The van der Waals surface area contributed by atoms with Crippen molar-refractivity contribution < 1.29 is 5.11 Å². The van der Waals surface area contributed by atoms with E-state index < -0.39 is 0 Å². The molecule has 0 atom stereocenters. The van der Waals surface area contributed by atoms with Crippen LogP contribution in [0.2, 0.25) is 5.02 Å². The van der Waals surface area contributed by atoms with E-state index in [2.05, 4.69) is 19.1 Å². The second-order valence-electron chi connectivity index (χ2n) is 4.14. The first-order valence-corrected chi connectivity index (χ1v) is 7.58. The van der Waals surface area contributed by atoms with Crippen molar-refractivity contribution >= 4 is 44.4 Å². The molecule has 0 amide bonds. The number of benzene rings is 1. The first-order chi connectivity index (χ1) is 8.67. The third-order valence-electron chi connectivity index (χ3n) is 2.82. The summed E-state index contributed by atoms with van der Waals surface area (Å²) < 4.78 is 1.19. The molecule has 1 aromatic carbocycles. The fourth-order valence-corrected chi connectivity index (χ4v) is 4.38. The van der Waals surface area contributed by atoms with Gasteiger partial charge in [0.05, 0.1) is 6.61 Å². The number of hydrogen-bond acceptors (Lipinski definition) is 3. The lowest BCUT2D eigenvalue weighted by Gasteiger charge is -1.95. The van der Waals surface area contributed by atoms with Gasteiger partial charge in [0.25, 0.3) is 0 Å². The van der Waals surface area contributed by atoms with E-state index in [4.69, 9.17) is 11.6 Å². The van der Waals surface area contributed by atoms with Crippen LogP contribution >= 0.6 is 34.3 Å². The van der Waals surface area contributed by atoms with Crippen LogP contribution in [0.25, 0.3) is 20.5 Å². The average Bonchev–Trinajstić information content (AvgIpc) is 2.91. The summed E-state index contributed by atoms with van der Waals surface area (Å²) in [6.45, 7) is 2.17. The van der Waals surface area contributed by atoms with Gasteiger partial charge in [0.1, 0.15) is 0 Å². The Hall–Kier alpha value is -0.870. The minimum atomic E-state index is 0.100. The molecule has 0 spiro atoms. The monoisotopic (exact) mass is 294 g/mol. The Bertz CT molecular complexity index is 712. The zero-order chi connectivity index (χ0) is 12.7. The van der Waals surface area contributed by atoms with Crippen LogP contribution in [0.4, 0.5) is 0 Å². The third kappa shape index (κ3) is 2.08. The normalized spacial score (nSPS) is 11.3. The molecule has 0 fully saturated rings. The van der Waals surface area contributed by atoms with E-state index >= 15 is 0 Å². The third-order valence-corrected chi connectivity index (χ3v) is 5.22. The highest BCUT2D eigenvalue weighted by Crippen LogP contribution is 2.39. The molecule has 1 nitrogen and oxygen atoms in total. The molecule has 0 aliphatic heterocycles. The number of aliphatic hydroxyl groups excluding tert-OH is 1. The highest BCUT2D eigenvalue weighted by Gasteiger charge is 2.11. The fourth-order valence-electron chi connectivity index (χ4n) is 2.03. The van der Waals surface area contributed by atoms with Gasteiger partial charge < -0.3 is 5.11 Å². The zero-order valence-electron chi connectivity index (χ0n) is 9.74. The van der Waals surface area contributed by atoms with Crippen LogP contribution < -0.4 is 0 Å². The molecule has 92 valence electrons. The Balaban J connectivity index is 2.18. The SMILES string of the molecule is Cc1cc(-c2cc3ccc(Cl)cc3s2)c(CO)s1. The molecule has 0 saturated carbocycles. The Morgan fingerprint density at radius 1 is 1.17 bits per heavy atom. The van der Waals surface area contributed by atoms with E-state index in [1.54, 1.807) is 22.7 Å². The highest BCUT2D eigenvalue weighted by atomic mass is 35.5. The maximum Gasteiger partial charge on any atom is 0.0781 e. The molecule has 3 rings (SSSR count). The maximum atomic E-state index is 9.41. The Labute approximate surface area is 118 Å². The van der Waals surface area contributed by atoms with Gasteiger partial charge in [0.2, 0.25) is 0 Å². The zero-order valence-corrected chi connectivity index (χ0v) is 12.1. The van der Waals surface area contributed by atoms with Gasteiger partial charge in [0.15, 0.2) is 0 Å².